The molecule has 2 aromatic carbocycles. The predicted molar refractivity (Wildman–Crippen MR) is 107 cm³/mol. The number of hydrogen-bond donors (Lipinski definition) is 2. The van der Waals surface area contributed by atoms with E-state index in [4.69, 9.17) is 14.0 Å². The molecule has 1 aliphatic rings. The van der Waals surface area contributed by atoms with Crippen molar-refractivity contribution in [1.29, 1.82) is 0 Å². The van der Waals surface area contributed by atoms with Crippen molar-refractivity contribution in [3.05, 3.63) is 77.9 Å². The van der Waals surface area contributed by atoms with Gasteiger partial charge in [0.1, 0.15) is 36.9 Å². The SMILES string of the molecule is Cc1ccc(S(=O)(=O)O)cc1.OCC1COC(Cn2cncn2)(c2ccc(F)cc2F)O1. The van der Waals surface area contributed by atoms with Gasteiger partial charge in [-0.05, 0) is 31.2 Å². The van der Waals surface area contributed by atoms with Crippen molar-refractivity contribution in [3.8, 4) is 0 Å². The van der Waals surface area contributed by atoms with Crippen LogP contribution in [0.5, 0.6) is 0 Å². The number of hydrogen-bond acceptors (Lipinski definition) is 7. The summed E-state index contributed by atoms with van der Waals surface area (Å²) >= 11 is 0. The van der Waals surface area contributed by atoms with E-state index in [1.54, 1.807) is 12.1 Å². The Balaban J connectivity index is 0.000000222. The van der Waals surface area contributed by atoms with Crippen LogP contribution in [0.15, 0.2) is 60.0 Å². The molecule has 9 nitrogen and oxygen atoms in total. The van der Waals surface area contributed by atoms with Crippen molar-refractivity contribution in [2.45, 2.75) is 30.3 Å². The summed E-state index contributed by atoms with van der Waals surface area (Å²) in [5.41, 5.74) is 1.01. The lowest BCUT2D eigenvalue weighted by molar-refractivity contribution is -0.193. The molecule has 12 heteroatoms. The zero-order valence-corrected chi connectivity index (χ0v) is 17.7. The largest absolute Gasteiger partial charge is 0.394 e. The Morgan fingerprint density at radius 3 is 2.47 bits per heavy atom. The molecule has 0 radical (unpaired) electrons. The maximum Gasteiger partial charge on any atom is 0.294 e. The molecule has 172 valence electrons. The normalized spacial score (nSPS) is 20.6. The van der Waals surface area contributed by atoms with Gasteiger partial charge in [-0.25, -0.2) is 18.4 Å². The molecule has 3 aromatic rings. The Morgan fingerprint density at radius 2 is 1.94 bits per heavy atom. The third-order valence-electron chi connectivity index (χ3n) is 4.56. The highest BCUT2D eigenvalue weighted by atomic mass is 32.2. The average Bonchev–Trinajstić information content (AvgIpc) is 3.39. The zero-order chi connectivity index (χ0) is 23.4. The summed E-state index contributed by atoms with van der Waals surface area (Å²) in [6, 6.07) is 9.14. The van der Waals surface area contributed by atoms with E-state index in [0.717, 1.165) is 17.7 Å². The number of nitrogens with zero attached hydrogens (tertiary/aromatic N) is 3. The number of aliphatic hydroxyl groups excluding tert-OH is 1. The van der Waals surface area contributed by atoms with Crippen LogP contribution in [0.25, 0.3) is 0 Å². The maximum absolute atomic E-state index is 14.1. The minimum absolute atomic E-state index is 0.0338. The van der Waals surface area contributed by atoms with E-state index in [0.29, 0.717) is 0 Å². The molecule has 0 spiro atoms. The number of benzene rings is 2. The van der Waals surface area contributed by atoms with Gasteiger partial charge in [-0.15, -0.1) is 0 Å². The molecule has 0 aliphatic carbocycles. The molecule has 1 fully saturated rings. The van der Waals surface area contributed by atoms with Gasteiger partial charge in [0.2, 0.25) is 5.79 Å². The first-order valence-corrected chi connectivity index (χ1v) is 10.8. The Kier molecular flexibility index (Phi) is 7.31. The molecule has 1 saturated heterocycles. The molecule has 1 aromatic heterocycles. The fourth-order valence-corrected chi connectivity index (χ4v) is 3.48. The molecule has 32 heavy (non-hydrogen) atoms. The lowest BCUT2D eigenvalue weighted by Gasteiger charge is -2.28. The first-order chi connectivity index (χ1) is 15.1. The molecule has 0 saturated carbocycles. The second-order valence-electron chi connectivity index (χ2n) is 6.99. The summed E-state index contributed by atoms with van der Waals surface area (Å²) in [6.45, 7) is 1.71. The highest BCUT2D eigenvalue weighted by Gasteiger charge is 2.45. The molecule has 4 rings (SSSR count). The third-order valence-corrected chi connectivity index (χ3v) is 5.43. The van der Waals surface area contributed by atoms with Crippen LogP contribution in [0, 0.1) is 18.6 Å². The van der Waals surface area contributed by atoms with Crippen LogP contribution in [0.1, 0.15) is 11.1 Å². The van der Waals surface area contributed by atoms with Gasteiger partial charge in [0.05, 0.1) is 18.1 Å². The van der Waals surface area contributed by atoms with Crippen molar-refractivity contribution >= 4 is 10.1 Å². The maximum atomic E-state index is 14.1. The van der Waals surface area contributed by atoms with E-state index in [-0.39, 0.29) is 30.2 Å². The fourth-order valence-electron chi connectivity index (χ4n) is 3.00. The van der Waals surface area contributed by atoms with Crippen LogP contribution < -0.4 is 0 Å². The highest BCUT2D eigenvalue weighted by Crippen LogP contribution is 2.37. The summed E-state index contributed by atoms with van der Waals surface area (Å²) in [5, 5.41) is 13.1. The molecule has 2 atom stereocenters. The van der Waals surface area contributed by atoms with Crippen molar-refractivity contribution in [1.82, 2.24) is 14.8 Å². The van der Waals surface area contributed by atoms with Crippen LogP contribution in [-0.2, 0) is 31.9 Å². The molecular weight excluding hydrogens is 448 g/mol. The van der Waals surface area contributed by atoms with Crippen LogP contribution in [-0.4, -0.2) is 52.2 Å². The lowest BCUT2D eigenvalue weighted by Crippen LogP contribution is -2.35. The summed E-state index contributed by atoms with van der Waals surface area (Å²) in [5.74, 6) is -2.95. The van der Waals surface area contributed by atoms with Crippen molar-refractivity contribution in [2.24, 2.45) is 0 Å². The number of ether oxygens (including phenoxy) is 2. The number of aryl methyl sites for hydroxylation is 1. The first kappa shape index (κ1) is 23.9. The van der Waals surface area contributed by atoms with Gasteiger partial charge >= 0.3 is 0 Å². The van der Waals surface area contributed by atoms with Gasteiger partial charge in [-0.3, -0.25) is 4.55 Å². The number of aliphatic hydroxyl groups is 1. The molecular formula is C20H21F2N3O6S. The van der Waals surface area contributed by atoms with Crippen molar-refractivity contribution in [3.63, 3.8) is 0 Å². The average molecular weight is 469 g/mol. The molecule has 0 amide bonds. The van der Waals surface area contributed by atoms with E-state index < -0.39 is 33.6 Å². The molecule has 2 N–H and O–H groups in total. The minimum Gasteiger partial charge on any atom is -0.394 e. The second kappa shape index (κ2) is 9.79. The Labute approximate surface area is 183 Å². The topological polar surface area (TPSA) is 124 Å². The lowest BCUT2D eigenvalue weighted by atomic mass is 10.0. The van der Waals surface area contributed by atoms with Gasteiger partial charge in [0, 0.05) is 11.6 Å². The summed E-state index contributed by atoms with van der Waals surface area (Å²) < 4.78 is 69.4. The smallest absolute Gasteiger partial charge is 0.294 e. The van der Waals surface area contributed by atoms with Gasteiger partial charge in [0.15, 0.2) is 0 Å². The quantitative estimate of drug-likeness (QED) is 0.545. The molecule has 2 heterocycles. The molecule has 2 unspecified atom stereocenters. The number of rotatable bonds is 5. The molecule has 0 bridgehead atoms. The van der Waals surface area contributed by atoms with E-state index in [1.165, 1.54) is 35.5 Å². The number of aromatic nitrogens is 3. The standard InChI is InChI=1S/C13H13F2N3O3.C7H8O3S/c14-9-1-2-11(12(15)3-9)13(6-18-8-16-7-17-18)20-5-10(4-19)21-13;1-6-2-4-7(5-3-6)11(8,9)10/h1-3,7-8,10,19H,4-6H2;2-5H,1H3,(H,8,9,10). The Morgan fingerprint density at radius 1 is 1.22 bits per heavy atom. The zero-order valence-electron chi connectivity index (χ0n) is 16.9. The van der Waals surface area contributed by atoms with Gasteiger partial charge in [-0.2, -0.15) is 13.5 Å². The van der Waals surface area contributed by atoms with Crippen molar-refractivity contribution < 1.29 is 36.3 Å². The van der Waals surface area contributed by atoms with E-state index >= 15 is 0 Å². The van der Waals surface area contributed by atoms with Gasteiger partial charge < -0.3 is 14.6 Å². The van der Waals surface area contributed by atoms with Gasteiger partial charge in [0.25, 0.3) is 10.1 Å². The third kappa shape index (κ3) is 5.72. The van der Waals surface area contributed by atoms with E-state index in [9.17, 15) is 22.3 Å². The van der Waals surface area contributed by atoms with E-state index in [1.807, 2.05) is 6.92 Å². The van der Waals surface area contributed by atoms with Crippen LogP contribution >= 0.6 is 0 Å². The highest BCUT2D eigenvalue weighted by molar-refractivity contribution is 7.85. The van der Waals surface area contributed by atoms with Gasteiger partial charge in [-0.1, -0.05) is 17.7 Å². The van der Waals surface area contributed by atoms with Crippen LogP contribution in [0.2, 0.25) is 0 Å². The summed E-state index contributed by atoms with van der Waals surface area (Å²) in [4.78, 5) is 3.74. The second-order valence-corrected chi connectivity index (χ2v) is 8.41. The fraction of sp³-hybridized carbons (Fsp3) is 0.300. The Bertz CT molecular complexity index is 1140. The van der Waals surface area contributed by atoms with Crippen molar-refractivity contribution in [2.75, 3.05) is 13.2 Å². The number of halogens is 2. The predicted octanol–water partition coefficient (Wildman–Crippen LogP) is 2.06. The monoisotopic (exact) mass is 469 g/mol. The Hall–Kier alpha value is -2.77. The summed E-state index contributed by atoms with van der Waals surface area (Å²) in [6.07, 6.45) is 2.17. The van der Waals surface area contributed by atoms with E-state index in [2.05, 4.69) is 10.1 Å². The first-order valence-electron chi connectivity index (χ1n) is 9.38. The molecule has 1 aliphatic heterocycles. The summed E-state index contributed by atoms with van der Waals surface area (Å²) in [7, 11) is -4.02. The minimum atomic E-state index is -4.02. The van der Waals surface area contributed by atoms with Crippen LogP contribution in [0.3, 0.4) is 0 Å². The van der Waals surface area contributed by atoms with Crippen LogP contribution in [0.4, 0.5) is 8.78 Å².